The number of rotatable bonds is 3. The molecule has 0 amide bonds. The minimum absolute atomic E-state index is 0.357. The highest BCUT2D eigenvalue weighted by Crippen LogP contribution is 2.28. The minimum atomic E-state index is 0.357. The predicted octanol–water partition coefficient (Wildman–Crippen LogP) is 2.08. The third-order valence-electron chi connectivity index (χ3n) is 2.06. The number of anilines is 1. The molecular formula is C10H9N5S2. The van der Waals surface area contributed by atoms with Crippen molar-refractivity contribution >= 4 is 28.9 Å². The second-order valence-corrected chi connectivity index (χ2v) is 4.76. The lowest BCUT2D eigenvalue weighted by atomic mass is 10.3. The Balaban J connectivity index is 2.61. The number of nitrogens with two attached hydrogens (primary N) is 1. The Morgan fingerprint density at radius 1 is 1.53 bits per heavy atom. The van der Waals surface area contributed by atoms with Gasteiger partial charge in [-0.05, 0) is 17.7 Å². The summed E-state index contributed by atoms with van der Waals surface area (Å²) in [7, 11) is 0. The van der Waals surface area contributed by atoms with Gasteiger partial charge in [-0.3, -0.25) is 0 Å². The van der Waals surface area contributed by atoms with Crippen molar-refractivity contribution in [3.63, 3.8) is 0 Å². The Kier molecular flexibility index (Phi) is 3.58. The number of hydrogen-bond donors (Lipinski definition) is 2. The number of thiophene rings is 1. The van der Waals surface area contributed by atoms with Gasteiger partial charge in [0.1, 0.15) is 16.7 Å². The summed E-state index contributed by atoms with van der Waals surface area (Å²) >= 11 is 2.94. The highest BCUT2D eigenvalue weighted by Gasteiger charge is 2.14. The topological polar surface area (TPSA) is 87.6 Å². The van der Waals surface area contributed by atoms with Crippen molar-refractivity contribution in [2.75, 3.05) is 11.7 Å². The van der Waals surface area contributed by atoms with Crippen LogP contribution in [-0.2, 0) is 0 Å². The van der Waals surface area contributed by atoms with E-state index in [0.29, 0.717) is 22.2 Å². The normalized spacial score (nSPS) is 9.94. The largest absolute Gasteiger partial charge is 0.307 e. The number of nitrogen functional groups attached to an aromatic ring is 1. The molecule has 0 aromatic carbocycles. The molecule has 5 nitrogen and oxygen atoms in total. The van der Waals surface area contributed by atoms with Crippen LogP contribution >= 0.6 is 23.1 Å². The van der Waals surface area contributed by atoms with E-state index in [1.165, 1.54) is 11.8 Å². The molecule has 2 rings (SSSR count). The number of hydrogen-bond acceptors (Lipinski definition) is 7. The van der Waals surface area contributed by atoms with Crippen LogP contribution in [-0.4, -0.2) is 16.2 Å². The highest BCUT2D eigenvalue weighted by molar-refractivity contribution is 7.98. The van der Waals surface area contributed by atoms with E-state index in [1.54, 1.807) is 11.3 Å². The standard InChI is InChI=1S/C10H9N5S2/c1-16-10-6(5-11)8(15-12)13-9(14-10)7-3-2-4-17-7/h2-4H,12H2,1H3,(H,13,14,15). The summed E-state index contributed by atoms with van der Waals surface area (Å²) in [6.45, 7) is 0. The van der Waals surface area contributed by atoms with Crippen LogP contribution < -0.4 is 11.3 Å². The Morgan fingerprint density at radius 2 is 2.35 bits per heavy atom. The maximum atomic E-state index is 9.05. The predicted molar refractivity (Wildman–Crippen MR) is 69.7 cm³/mol. The molecule has 0 spiro atoms. The fraction of sp³-hybridized carbons (Fsp3) is 0.100. The van der Waals surface area contributed by atoms with E-state index in [9.17, 15) is 0 Å². The molecule has 86 valence electrons. The number of nitrogens with zero attached hydrogens (tertiary/aromatic N) is 3. The van der Waals surface area contributed by atoms with E-state index in [1.807, 2.05) is 23.8 Å². The van der Waals surface area contributed by atoms with Crippen LogP contribution in [0.3, 0.4) is 0 Å². The van der Waals surface area contributed by atoms with Gasteiger partial charge in [-0.2, -0.15) is 5.26 Å². The molecule has 7 heteroatoms. The summed E-state index contributed by atoms with van der Waals surface area (Å²) in [5.41, 5.74) is 2.82. The van der Waals surface area contributed by atoms with E-state index in [2.05, 4.69) is 21.5 Å². The minimum Gasteiger partial charge on any atom is -0.307 e. The second kappa shape index (κ2) is 5.14. The van der Waals surface area contributed by atoms with E-state index in [4.69, 9.17) is 11.1 Å². The van der Waals surface area contributed by atoms with Crippen LogP contribution in [0, 0.1) is 11.3 Å². The quantitative estimate of drug-likeness (QED) is 0.381. The van der Waals surface area contributed by atoms with Crippen molar-refractivity contribution in [3.8, 4) is 16.8 Å². The van der Waals surface area contributed by atoms with Crippen molar-refractivity contribution in [2.45, 2.75) is 5.03 Å². The summed E-state index contributed by atoms with van der Waals surface area (Å²) < 4.78 is 0. The Morgan fingerprint density at radius 3 is 2.88 bits per heavy atom. The highest BCUT2D eigenvalue weighted by atomic mass is 32.2. The molecule has 0 saturated carbocycles. The molecule has 2 heterocycles. The summed E-state index contributed by atoms with van der Waals surface area (Å²) in [5.74, 6) is 6.31. The van der Waals surface area contributed by atoms with Gasteiger partial charge >= 0.3 is 0 Å². The summed E-state index contributed by atoms with van der Waals surface area (Å²) in [4.78, 5) is 9.54. The average Bonchev–Trinajstić information content (AvgIpc) is 2.90. The van der Waals surface area contributed by atoms with Crippen LogP contribution in [0.25, 0.3) is 10.7 Å². The lowest BCUT2D eigenvalue weighted by molar-refractivity contribution is 1.04. The van der Waals surface area contributed by atoms with Gasteiger partial charge in [-0.1, -0.05) is 6.07 Å². The number of nitriles is 1. The molecule has 2 aromatic rings. The van der Waals surface area contributed by atoms with E-state index >= 15 is 0 Å². The molecular weight excluding hydrogens is 254 g/mol. The van der Waals surface area contributed by atoms with Gasteiger partial charge < -0.3 is 5.43 Å². The van der Waals surface area contributed by atoms with Gasteiger partial charge in [0, 0.05) is 0 Å². The molecule has 0 aliphatic heterocycles. The summed E-state index contributed by atoms with van der Waals surface area (Å²) in [6, 6.07) is 5.91. The molecule has 0 bridgehead atoms. The first kappa shape index (κ1) is 11.9. The number of aromatic nitrogens is 2. The first-order chi connectivity index (χ1) is 8.30. The van der Waals surface area contributed by atoms with Gasteiger partial charge in [0.25, 0.3) is 0 Å². The first-order valence-corrected chi connectivity index (χ1v) is 6.77. The molecule has 2 aromatic heterocycles. The molecule has 0 atom stereocenters. The third-order valence-corrected chi connectivity index (χ3v) is 3.61. The first-order valence-electron chi connectivity index (χ1n) is 4.66. The fourth-order valence-electron chi connectivity index (χ4n) is 1.31. The van der Waals surface area contributed by atoms with Crippen LogP contribution in [0.1, 0.15) is 5.56 Å². The zero-order valence-corrected chi connectivity index (χ0v) is 10.6. The second-order valence-electron chi connectivity index (χ2n) is 3.01. The number of nitrogens with one attached hydrogen (secondary N) is 1. The monoisotopic (exact) mass is 263 g/mol. The van der Waals surface area contributed by atoms with E-state index < -0.39 is 0 Å². The molecule has 0 aliphatic carbocycles. The third kappa shape index (κ3) is 2.24. The van der Waals surface area contributed by atoms with Crippen molar-refractivity contribution in [1.82, 2.24) is 9.97 Å². The van der Waals surface area contributed by atoms with E-state index in [0.717, 1.165) is 4.88 Å². The molecule has 17 heavy (non-hydrogen) atoms. The van der Waals surface area contributed by atoms with Crippen LogP contribution in [0.5, 0.6) is 0 Å². The van der Waals surface area contributed by atoms with Crippen LogP contribution in [0.15, 0.2) is 22.5 Å². The molecule has 3 N–H and O–H groups in total. The summed E-state index contributed by atoms with van der Waals surface area (Å²) in [6.07, 6.45) is 1.86. The maximum Gasteiger partial charge on any atom is 0.172 e. The molecule has 0 fully saturated rings. The van der Waals surface area contributed by atoms with Gasteiger partial charge in [0.15, 0.2) is 11.6 Å². The number of hydrazine groups is 1. The zero-order valence-electron chi connectivity index (χ0n) is 8.97. The summed E-state index contributed by atoms with van der Waals surface area (Å²) in [5, 5.41) is 11.6. The fourth-order valence-corrected chi connectivity index (χ4v) is 2.49. The van der Waals surface area contributed by atoms with Crippen LogP contribution in [0.2, 0.25) is 0 Å². The van der Waals surface area contributed by atoms with Crippen molar-refractivity contribution in [3.05, 3.63) is 23.1 Å². The SMILES string of the molecule is CSc1nc(-c2cccs2)nc(NN)c1C#N. The molecule has 0 aliphatic rings. The average molecular weight is 263 g/mol. The Labute approximate surface area is 107 Å². The van der Waals surface area contributed by atoms with Crippen LogP contribution in [0.4, 0.5) is 5.82 Å². The van der Waals surface area contributed by atoms with Crippen molar-refractivity contribution < 1.29 is 0 Å². The zero-order chi connectivity index (χ0) is 12.3. The molecule has 0 saturated heterocycles. The van der Waals surface area contributed by atoms with Gasteiger partial charge in [0.05, 0.1) is 4.88 Å². The van der Waals surface area contributed by atoms with Crippen molar-refractivity contribution in [1.29, 1.82) is 5.26 Å². The van der Waals surface area contributed by atoms with Gasteiger partial charge in [-0.25, -0.2) is 15.8 Å². The van der Waals surface area contributed by atoms with E-state index in [-0.39, 0.29) is 0 Å². The maximum absolute atomic E-state index is 9.05. The van der Waals surface area contributed by atoms with Gasteiger partial charge in [0.2, 0.25) is 0 Å². The molecule has 0 unspecified atom stereocenters. The van der Waals surface area contributed by atoms with Gasteiger partial charge in [-0.15, -0.1) is 23.1 Å². The number of thioether (sulfide) groups is 1. The lowest BCUT2D eigenvalue weighted by Gasteiger charge is -2.07. The molecule has 0 radical (unpaired) electrons. The lowest BCUT2D eigenvalue weighted by Crippen LogP contribution is -2.12. The Bertz CT molecular complexity index is 534. The van der Waals surface area contributed by atoms with Crippen molar-refractivity contribution in [2.24, 2.45) is 5.84 Å². The smallest absolute Gasteiger partial charge is 0.172 e. The Hall–Kier alpha value is -1.62.